The zero-order valence-electron chi connectivity index (χ0n) is 4.80. The normalized spacial score (nSPS) is 49.4. The summed E-state index contributed by atoms with van der Waals surface area (Å²) in [5.74, 6) is 0.812. The molecule has 0 unspecified atom stereocenters. The van der Waals surface area contributed by atoms with E-state index in [1.165, 1.54) is 12.8 Å². The quantitative estimate of drug-likeness (QED) is 0.498. The van der Waals surface area contributed by atoms with Crippen molar-refractivity contribution in [2.45, 2.75) is 12.8 Å². The van der Waals surface area contributed by atoms with Gasteiger partial charge in [-0.25, -0.2) is 0 Å². The molecule has 0 bridgehead atoms. The fourth-order valence-electron chi connectivity index (χ4n) is 1.64. The van der Waals surface area contributed by atoms with Gasteiger partial charge in [0.25, 0.3) is 0 Å². The van der Waals surface area contributed by atoms with Crippen LogP contribution in [0.1, 0.15) is 12.8 Å². The second kappa shape index (κ2) is 1.16. The van der Waals surface area contributed by atoms with E-state index in [0.717, 1.165) is 5.92 Å². The lowest BCUT2D eigenvalue weighted by molar-refractivity contribution is 0.235. The van der Waals surface area contributed by atoms with Crippen molar-refractivity contribution in [3.63, 3.8) is 0 Å². The van der Waals surface area contributed by atoms with Crippen LogP contribution in [-0.2, 0) is 0 Å². The summed E-state index contributed by atoms with van der Waals surface area (Å²) in [5.41, 5.74) is 0.278. The van der Waals surface area contributed by atoms with Crippen molar-refractivity contribution in [3.8, 4) is 0 Å². The summed E-state index contributed by atoms with van der Waals surface area (Å²) in [6.07, 6.45) is 6.81. The highest BCUT2D eigenvalue weighted by molar-refractivity contribution is 5.22. The molecule has 0 spiro atoms. The first-order valence-corrected chi connectivity index (χ1v) is 3.16. The molecule has 1 heteroatoms. The van der Waals surface area contributed by atoms with Gasteiger partial charge in [-0.05, 0) is 18.8 Å². The van der Waals surface area contributed by atoms with Crippen LogP contribution in [0.15, 0.2) is 12.2 Å². The van der Waals surface area contributed by atoms with Gasteiger partial charge in [-0.1, -0.05) is 12.2 Å². The summed E-state index contributed by atoms with van der Waals surface area (Å²) in [6, 6.07) is 0. The number of hydrogen-bond donors (Lipinski definition) is 1. The Labute approximate surface area is 49.0 Å². The molecule has 0 heterocycles. The molecule has 2 atom stereocenters. The Kier molecular flexibility index (Phi) is 0.662. The van der Waals surface area contributed by atoms with E-state index in [2.05, 4.69) is 12.2 Å². The molecule has 8 heavy (non-hydrogen) atoms. The lowest BCUT2D eigenvalue weighted by Crippen LogP contribution is -2.01. The third-order valence-corrected chi connectivity index (χ3v) is 2.44. The van der Waals surface area contributed by atoms with Gasteiger partial charge < -0.3 is 5.11 Å². The van der Waals surface area contributed by atoms with Gasteiger partial charge >= 0.3 is 0 Å². The maximum absolute atomic E-state index is 8.82. The van der Waals surface area contributed by atoms with Crippen LogP contribution in [0, 0.1) is 11.3 Å². The third kappa shape index (κ3) is 0.360. The van der Waals surface area contributed by atoms with E-state index >= 15 is 0 Å². The molecule has 2 rings (SSSR count). The predicted octanol–water partition coefficient (Wildman–Crippen LogP) is 0.945. The maximum atomic E-state index is 8.82. The van der Waals surface area contributed by atoms with Gasteiger partial charge in [0.15, 0.2) is 0 Å². The summed E-state index contributed by atoms with van der Waals surface area (Å²) >= 11 is 0. The minimum absolute atomic E-state index is 0.278. The molecule has 1 fully saturated rings. The SMILES string of the molecule is OC[C@]12C=CC[C@H]1C2. The highest BCUT2D eigenvalue weighted by atomic mass is 16.3. The van der Waals surface area contributed by atoms with Gasteiger partial charge in [-0.3, -0.25) is 0 Å². The molecule has 0 aromatic heterocycles. The minimum atomic E-state index is 0.278. The molecule has 1 nitrogen and oxygen atoms in total. The molecule has 44 valence electrons. The molecule has 2 aliphatic rings. The molecular formula is C7H10O. The van der Waals surface area contributed by atoms with Crippen molar-refractivity contribution < 1.29 is 5.11 Å². The summed E-state index contributed by atoms with van der Waals surface area (Å²) in [4.78, 5) is 0. The van der Waals surface area contributed by atoms with Crippen LogP contribution in [0.25, 0.3) is 0 Å². The van der Waals surface area contributed by atoms with Gasteiger partial charge in [-0.15, -0.1) is 0 Å². The van der Waals surface area contributed by atoms with Crippen molar-refractivity contribution >= 4 is 0 Å². The number of aliphatic hydroxyl groups excluding tert-OH is 1. The molecule has 0 aromatic rings. The zero-order valence-corrected chi connectivity index (χ0v) is 4.80. The molecule has 0 saturated heterocycles. The fourth-order valence-corrected chi connectivity index (χ4v) is 1.64. The fraction of sp³-hybridized carbons (Fsp3) is 0.714. The third-order valence-electron chi connectivity index (χ3n) is 2.44. The average molecular weight is 110 g/mol. The Morgan fingerprint density at radius 1 is 1.75 bits per heavy atom. The van der Waals surface area contributed by atoms with Gasteiger partial charge in [0, 0.05) is 5.41 Å². The first-order chi connectivity index (χ1) is 3.87. The van der Waals surface area contributed by atoms with Crippen LogP contribution >= 0.6 is 0 Å². The molecule has 1 N–H and O–H groups in total. The largest absolute Gasteiger partial charge is 0.395 e. The maximum Gasteiger partial charge on any atom is 0.0524 e. The van der Waals surface area contributed by atoms with E-state index in [4.69, 9.17) is 5.11 Å². The minimum Gasteiger partial charge on any atom is -0.395 e. The molecular weight excluding hydrogens is 100 g/mol. The van der Waals surface area contributed by atoms with E-state index in [9.17, 15) is 0 Å². The first kappa shape index (κ1) is 4.57. The van der Waals surface area contributed by atoms with Gasteiger partial charge in [0.1, 0.15) is 0 Å². The van der Waals surface area contributed by atoms with Gasteiger partial charge in [-0.2, -0.15) is 0 Å². The highest BCUT2D eigenvalue weighted by Crippen LogP contribution is 2.59. The summed E-state index contributed by atoms with van der Waals surface area (Å²) in [6.45, 7) is 0.369. The van der Waals surface area contributed by atoms with Crippen LogP contribution in [0.3, 0.4) is 0 Å². The first-order valence-electron chi connectivity index (χ1n) is 3.16. The van der Waals surface area contributed by atoms with E-state index < -0.39 is 0 Å². The Balaban J connectivity index is 2.19. The molecule has 0 amide bonds. The zero-order chi connectivity index (χ0) is 5.61. The van der Waals surface area contributed by atoms with Crippen LogP contribution in [-0.4, -0.2) is 11.7 Å². The van der Waals surface area contributed by atoms with Crippen LogP contribution in [0.4, 0.5) is 0 Å². The van der Waals surface area contributed by atoms with E-state index in [1.54, 1.807) is 0 Å². The number of allylic oxidation sites excluding steroid dienone is 1. The van der Waals surface area contributed by atoms with E-state index in [-0.39, 0.29) is 5.41 Å². The smallest absolute Gasteiger partial charge is 0.0524 e. The molecule has 0 aliphatic heterocycles. The van der Waals surface area contributed by atoms with Gasteiger partial charge in [0.05, 0.1) is 6.61 Å². The summed E-state index contributed by atoms with van der Waals surface area (Å²) in [7, 11) is 0. The topological polar surface area (TPSA) is 20.2 Å². The van der Waals surface area contributed by atoms with Gasteiger partial charge in [0.2, 0.25) is 0 Å². The lowest BCUT2D eigenvalue weighted by Gasteiger charge is -1.99. The van der Waals surface area contributed by atoms with Crippen LogP contribution in [0.2, 0.25) is 0 Å². The second-order valence-corrected chi connectivity index (χ2v) is 2.93. The number of hydrogen-bond acceptors (Lipinski definition) is 1. The Hall–Kier alpha value is -0.300. The van der Waals surface area contributed by atoms with Crippen molar-refractivity contribution in [2.75, 3.05) is 6.61 Å². The summed E-state index contributed by atoms with van der Waals surface area (Å²) in [5, 5.41) is 8.82. The Morgan fingerprint density at radius 2 is 2.62 bits per heavy atom. The number of rotatable bonds is 1. The molecule has 2 aliphatic carbocycles. The highest BCUT2D eigenvalue weighted by Gasteiger charge is 2.53. The standard InChI is InChI=1S/C7H10O/c8-5-7-3-1-2-6(7)4-7/h1,3,6,8H,2,4-5H2/t6-,7+/m0/s1. The number of aliphatic hydroxyl groups is 1. The second-order valence-electron chi connectivity index (χ2n) is 2.93. The lowest BCUT2D eigenvalue weighted by atomic mass is 10.1. The van der Waals surface area contributed by atoms with E-state index in [0.29, 0.717) is 6.61 Å². The molecule has 0 radical (unpaired) electrons. The van der Waals surface area contributed by atoms with Crippen molar-refractivity contribution in [1.82, 2.24) is 0 Å². The predicted molar refractivity (Wildman–Crippen MR) is 31.4 cm³/mol. The number of fused-ring (bicyclic) bond motifs is 1. The van der Waals surface area contributed by atoms with Crippen LogP contribution < -0.4 is 0 Å². The van der Waals surface area contributed by atoms with E-state index in [1.807, 2.05) is 0 Å². The summed E-state index contributed by atoms with van der Waals surface area (Å²) < 4.78 is 0. The Bertz CT molecular complexity index is 135. The monoisotopic (exact) mass is 110 g/mol. The van der Waals surface area contributed by atoms with Crippen molar-refractivity contribution in [3.05, 3.63) is 12.2 Å². The van der Waals surface area contributed by atoms with Crippen molar-refractivity contribution in [1.29, 1.82) is 0 Å². The van der Waals surface area contributed by atoms with Crippen LogP contribution in [0.5, 0.6) is 0 Å². The average Bonchev–Trinajstić information content (AvgIpc) is 2.38. The van der Waals surface area contributed by atoms with Crippen molar-refractivity contribution in [2.24, 2.45) is 11.3 Å². The Morgan fingerprint density at radius 3 is 2.88 bits per heavy atom. The molecule has 1 saturated carbocycles. The molecule has 0 aromatic carbocycles.